The highest BCUT2D eigenvalue weighted by Crippen LogP contribution is 2.19. The minimum Gasteiger partial charge on any atom is -0.208 e. The summed E-state index contributed by atoms with van der Waals surface area (Å²) in [5.74, 6) is -0.754. The van der Waals surface area contributed by atoms with Crippen LogP contribution in [0.1, 0.15) is 26.7 Å². The van der Waals surface area contributed by atoms with E-state index in [1.165, 1.54) is 12.1 Å². The molecule has 1 rings (SSSR count). The summed E-state index contributed by atoms with van der Waals surface area (Å²) in [5, 5.41) is 0. The first-order chi connectivity index (χ1) is 7.86. The van der Waals surface area contributed by atoms with Crippen LogP contribution >= 0.6 is 15.9 Å². The molecular formula is C11H15BrFNO2S. The predicted octanol–water partition coefficient (Wildman–Crippen LogP) is 3.06. The van der Waals surface area contributed by atoms with Crippen molar-refractivity contribution in [2.45, 2.75) is 37.6 Å². The SMILES string of the molecule is CCCC(C)NS(=O)(=O)c1ccc(Br)cc1F. The molecule has 0 amide bonds. The van der Waals surface area contributed by atoms with Crippen molar-refractivity contribution in [3.8, 4) is 0 Å². The lowest BCUT2D eigenvalue weighted by molar-refractivity contribution is 0.531. The Labute approximate surface area is 110 Å². The minimum atomic E-state index is -3.77. The number of hydrogen-bond donors (Lipinski definition) is 1. The van der Waals surface area contributed by atoms with E-state index in [0.717, 1.165) is 18.9 Å². The third-order valence-electron chi connectivity index (χ3n) is 2.26. The fourth-order valence-electron chi connectivity index (χ4n) is 1.51. The van der Waals surface area contributed by atoms with Gasteiger partial charge >= 0.3 is 0 Å². The van der Waals surface area contributed by atoms with Crippen LogP contribution in [0.3, 0.4) is 0 Å². The number of sulfonamides is 1. The maximum Gasteiger partial charge on any atom is 0.243 e. The van der Waals surface area contributed by atoms with E-state index in [1.54, 1.807) is 6.92 Å². The highest BCUT2D eigenvalue weighted by atomic mass is 79.9. The Morgan fingerprint density at radius 2 is 2.12 bits per heavy atom. The first-order valence-corrected chi connectivity index (χ1v) is 7.62. The molecule has 0 aliphatic carbocycles. The molecule has 1 aromatic rings. The van der Waals surface area contributed by atoms with Crippen molar-refractivity contribution in [3.05, 3.63) is 28.5 Å². The van der Waals surface area contributed by atoms with Gasteiger partial charge in [-0.2, -0.15) is 0 Å². The molecule has 3 nitrogen and oxygen atoms in total. The highest BCUT2D eigenvalue weighted by Gasteiger charge is 2.20. The van der Waals surface area contributed by atoms with Crippen molar-refractivity contribution in [1.82, 2.24) is 4.72 Å². The second-order valence-corrected chi connectivity index (χ2v) is 6.48. The molecule has 1 atom stereocenters. The molecule has 1 aromatic carbocycles. The van der Waals surface area contributed by atoms with Crippen molar-refractivity contribution >= 4 is 26.0 Å². The second kappa shape index (κ2) is 5.93. The summed E-state index contributed by atoms with van der Waals surface area (Å²) in [4.78, 5) is -0.316. The average Bonchev–Trinajstić information content (AvgIpc) is 2.15. The van der Waals surface area contributed by atoms with Crippen molar-refractivity contribution < 1.29 is 12.8 Å². The van der Waals surface area contributed by atoms with Gasteiger partial charge in [0.25, 0.3) is 0 Å². The monoisotopic (exact) mass is 323 g/mol. The molecule has 0 aromatic heterocycles. The summed E-state index contributed by atoms with van der Waals surface area (Å²) >= 11 is 3.08. The van der Waals surface area contributed by atoms with Crippen LogP contribution in [0.2, 0.25) is 0 Å². The largest absolute Gasteiger partial charge is 0.243 e. The molecule has 0 aliphatic heterocycles. The first-order valence-electron chi connectivity index (χ1n) is 5.34. The molecule has 0 fully saturated rings. The van der Waals surface area contributed by atoms with E-state index in [2.05, 4.69) is 20.7 Å². The topological polar surface area (TPSA) is 46.2 Å². The van der Waals surface area contributed by atoms with Crippen LogP contribution in [0.15, 0.2) is 27.6 Å². The maximum atomic E-state index is 13.5. The van der Waals surface area contributed by atoms with Gasteiger partial charge in [-0.05, 0) is 31.5 Å². The van der Waals surface area contributed by atoms with E-state index >= 15 is 0 Å². The summed E-state index contributed by atoms with van der Waals surface area (Å²) in [6.07, 6.45) is 1.59. The first kappa shape index (κ1) is 14.6. The Morgan fingerprint density at radius 3 is 2.65 bits per heavy atom. The maximum absolute atomic E-state index is 13.5. The van der Waals surface area contributed by atoms with Crippen molar-refractivity contribution in [2.75, 3.05) is 0 Å². The standard InChI is InChI=1S/C11H15BrFNO2S/c1-3-4-8(2)14-17(15,16)11-6-5-9(12)7-10(11)13/h5-8,14H,3-4H2,1-2H3. The molecule has 1 N–H and O–H groups in total. The van der Waals surface area contributed by atoms with Gasteiger partial charge in [0.15, 0.2) is 0 Å². The quantitative estimate of drug-likeness (QED) is 0.905. The lowest BCUT2D eigenvalue weighted by Crippen LogP contribution is -2.32. The average molecular weight is 324 g/mol. The third-order valence-corrected chi connectivity index (χ3v) is 4.38. The highest BCUT2D eigenvalue weighted by molar-refractivity contribution is 9.10. The van der Waals surface area contributed by atoms with E-state index in [-0.39, 0.29) is 10.9 Å². The number of halogens is 2. The normalized spacial score (nSPS) is 13.6. The van der Waals surface area contributed by atoms with Gasteiger partial charge < -0.3 is 0 Å². The van der Waals surface area contributed by atoms with Gasteiger partial charge in [0.1, 0.15) is 10.7 Å². The van der Waals surface area contributed by atoms with Crippen LogP contribution in [0, 0.1) is 5.82 Å². The third kappa shape index (κ3) is 4.04. The van der Waals surface area contributed by atoms with Crippen molar-refractivity contribution in [3.63, 3.8) is 0 Å². The molecule has 0 radical (unpaired) electrons. The zero-order valence-corrected chi connectivity index (χ0v) is 12.1. The molecular weight excluding hydrogens is 309 g/mol. The van der Waals surface area contributed by atoms with Gasteiger partial charge in [-0.1, -0.05) is 29.3 Å². The molecule has 0 spiro atoms. The number of benzene rings is 1. The molecule has 1 unspecified atom stereocenters. The molecule has 0 saturated carbocycles. The van der Waals surface area contributed by atoms with E-state index in [9.17, 15) is 12.8 Å². The Balaban J connectivity index is 2.97. The number of rotatable bonds is 5. The number of hydrogen-bond acceptors (Lipinski definition) is 2. The molecule has 0 bridgehead atoms. The molecule has 0 heterocycles. The van der Waals surface area contributed by atoms with E-state index < -0.39 is 15.8 Å². The summed E-state index contributed by atoms with van der Waals surface area (Å²) in [6.45, 7) is 3.73. The molecule has 17 heavy (non-hydrogen) atoms. The van der Waals surface area contributed by atoms with Gasteiger partial charge in [-0.15, -0.1) is 0 Å². The van der Waals surface area contributed by atoms with Crippen LogP contribution < -0.4 is 4.72 Å². The zero-order chi connectivity index (χ0) is 13.1. The van der Waals surface area contributed by atoms with Crippen LogP contribution in [0.25, 0.3) is 0 Å². The summed E-state index contributed by atoms with van der Waals surface area (Å²) in [5.41, 5.74) is 0. The summed E-state index contributed by atoms with van der Waals surface area (Å²) in [6, 6.07) is 3.69. The van der Waals surface area contributed by atoms with E-state index in [4.69, 9.17) is 0 Å². The molecule has 0 saturated heterocycles. The smallest absolute Gasteiger partial charge is 0.208 e. The summed E-state index contributed by atoms with van der Waals surface area (Å²) < 4.78 is 40.3. The molecule has 0 aliphatic rings. The Kier molecular flexibility index (Phi) is 5.09. The summed E-state index contributed by atoms with van der Waals surface area (Å²) in [7, 11) is -3.77. The molecule has 96 valence electrons. The Bertz CT molecular complexity index is 490. The minimum absolute atomic E-state index is 0.201. The van der Waals surface area contributed by atoms with Gasteiger partial charge in [0.2, 0.25) is 10.0 Å². The fourth-order valence-corrected chi connectivity index (χ4v) is 3.18. The second-order valence-electron chi connectivity index (χ2n) is 3.89. The number of nitrogens with one attached hydrogen (secondary N) is 1. The fraction of sp³-hybridized carbons (Fsp3) is 0.455. The van der Waals surface area contributed by atoms with Gasteiger partial charge in [0.05, 0.1) is 0 Å². The Hall–Kier alpha value is -0.460. The van der Waals surface area contributed by atoms with E-state index in [1.807, 2.05) is 6.92 Å². The lowest BCUT2D eigenvalue weighted by Gasteiger charge is -2.13. The van der Waals surface area contributed by atoms with Crippen molar-refractivity contribution in [2.24, 2.45) is 0 Å². The van der Waals surface area contributed by atoms with E-state index in [0.29, 0.717) is 4.47 Å². The van der Waals surface area contributed by atoms with Gasteiger partial charge in [-0.3, -0.25) is 0 Å². The zero-order valence-electron chi connectivity index (χ0n) is 9.70. The van der Waals surface area contributed by atoms with Crippen LogP contribution in [0.5, 0.6) is 0 Å². The van der Waals surface area contributed by atoms with Gasteiger partial charge in [0, 0.05) is 10.5 Å². The van der Waals surface area contributed by atoms with Crippen molar-refractivity contribution in [1.29, 1.82) is 0 Å². The predicted molar refractivity (Wildman–Crippen MR) is 68.8 cm³/mol. The lowest BCUT2D eigenvalue weighted by atomic mass is 10.2. The van der Waals surface area contributed by atoms with Crippen LogP contribution in [-0.4, -0.2) is 14.5 Å². The Morgan fingerprint density at radius 1 is 1.47 bits per heavy atom. The van der Waals surface area contributed by atoms with Gasteiger partial charge in [-0.25, -0.2) is 17.5 Å². The van der Waals surface area contributed by atoms with Crippen LogP contribution in [-0.2, 0) is 10.0 Å². The van der Waals surface area contributed by atoms with Crippen LogP contribution in [0.4, 0.5) is 4.39 Å². The molecule has 6 heteroatoms.